The molecule has 9 heteroatoms. The first-order chi connectivity index (χ1) is 15.3. The lowest BCUT2D eigenvalue weighted by Gasteiger charge is -2.33. The number of rotatable bonds is 8. The van der Waals surface area contributed by atoms with E-state index in [2.05, 4.69) is 9.69 Å². The summed E-state index contributed by atoms with van der Waals surface area (Å²) < 4.78 is 3.98. The zero-order valence-corrected chi connectivity index (χ0v) is 19.6. The number of amides is 3. The van der Waals surface area contributed by atoms with Crippen molar-refractivity contribution in [3.05, 3.63) is 39.9 Å². The van der Waals surface area contributed by atoms with Crippen LogP contribution in [0.2, 0.25) is 0 Å². The second-order valence-corrected chi connectivity index (χ2v) is 9.10. The lowest BCUT2D eigenvalue weighted by molar-refractivity contribution is -0.123. The molecule has 0 aliphatic heterocycles. The van der Waals surface area contributed by atoms with E-state index in [-0.39, 0.29) is 28.2 Å². The minimum absolute atomic E-state index is 0.0470. The molecule has 32 heavy (non-hydrogen) atoms. The van der Waals surface area contributed by atoms with Gasteiger partial charge in [0, 0.05) is 11.7 Å². The number of nitrogen functional groups attached to an aromatic ring is 1. The van der Waals surface area contributed by atoms with Gasteiger partial charge in [0.1, 0.15) is 10.9 Å². The van der Waals surface area contributed by atoms with Crippen molar-refractivity contribution in [2.24, 2.45) is 5.73 Å². The van der Waals surface area contributed by atoms with E-state index in [1.54, 1.807) is 0 Å². The molecule has 3 amide bonds. The van der Waals surface area contributed by atoms with Gasteiger partial charge in [0.05, 0.1) is 5.69 Å². The first-order valence-corrected chi connectivity index (χ1v) is 11.8. The van der Waals surface area contributed by atoms with Gasteiger partial charge in [-0.25, -0.2) is 0 Å². The first-order valence-electron chi connectivity index (χ1n) is 11.0. The standard InChI is InChI=1S/C23H31N5O3S/c1-4-8-17(22(30)26-15-10-5-6-11-15)28(16-12-7-9-13(2)14(16)3)23(31)20-18(24)19(21(25)29)27-32-20/h7,9,12,15,17H,4-6,8,10-11,24H2,1-3H3,(H2,25,29)(H,26,30). The Morgan fingerprint density at radius 2 is 1.94 bits per heavy atom. The first kappa shape index (κ1) is 23.7. The maximum atomic E-state index is 13.8. The Bertz CT molecular complexity index is 1010. The van der Waals surface area contributed by atoms with Gasteiger partial charge in [0.25, 0.3) is 11.8 Å². The highest BCUT2D eigenvalue weighted by atomic mass is 32.1. The van der Waals surface area contributed by atoms with E-state index in [9.17, 15) is 14.4 Å². The van der Waals surface area contributed by atoms with E-state index >= 15 is 0 Å². The van der Waals surface area contributed by atoms with E-state index in [0.29, 0.717) is 18.5 Å². The Labute approximate surface area is 192 Å². The van der Waals surface area contributed by atoms with Gasteiger partial charge in [-0.15, -0.1) is 0 Å². The molecule has 0 radical (unpaired) electrons. The zero-order chi connectivity index (χ0) is 23.4. The zero-order valence-electron chi connectivity index (χ0n) is 18.8. The lowest BCUT2D eigenvalue weighted by atomic mass is 10.0. The van der Waals surface area contributed by atoms with Crippen molar-refractivity contribution in [3.8, 4) is 0 Å². The third-order valence-corrected chi connectivity index (χ3v) is 6.94. The number of nitrogens with zero attached hydrogens (tertiary/aromatic N) is 2. The van der Waals surface area contributed by atoms with Gasteiger partial charge < -0.3 is 16.8 Å². The van der Waals surface area contributed by atoms with Crippen LogP contribution in [0.1, 0.15) is 76.7 Å². The van der Waals surface area contributed by atoms with Gasteiger partial charge in [-0.05, 0) is 61.8 Å². The molecule has 1 aliphatic rings. The number of anilines is 2. The normalized spacial score (nSPS) is 14.8. The highest BCUT2D eigenvalue weighted by Gasteiger charge is 2.36. The third-order valence-electron chi connectivity index (χ3n) is 6.09. The Morgan fingerprint density at radius 3 is 2.53 bits per heavy atom. The maximum Gasteiger partial charge on any atom is 0.272 e. The van der Waals surface area contributed by atoms with Crippen LogP contribution in [0.15, 0.2) is 18.2 Å². The average Bonchev–Trinajstić information content (AvgIpc) is 3.39. The molecule has 172 valence electrons. The Morgan fingerprint density at radius 1 is 1.25 bits per heavy atom. The number of nitrogens with one attached hydrogen (secondary N) is 1. The fourth-order valence-electron chi connectivity index (χ4n) is 4.17. The molecule has 0 spiro atoms. The lowest BCUT2D eigenvalue weighted by Crippen LogP contribution is -2.52. The number of carbonyl (C=O) groups is 3. The number of nitrogens with two attached hydrogens (primary N) is 2. The van der Waals surface area contributed by atoms with Gasteiger partial charge >= 0.3 is 0 Å². The third kappa shape index (κ3) is 4.77. The predicted molar refractivity (Wildman–Crippen MR) is 127 cm³/mol. The van der Waals surface area contributed by atoms with E-state index in [4.69, 9.17) is 11.5 Å². The second kappa shape index (κ2) is 10.1. The summed E-state index contributed by atoms with van der Waals surface area (Å²) in [5.74, 6) is -1.42. The highest BCUT2D eigenvalue weighted by Crippen LogP contribution is 2.32. The molecular formula is C23H31N5O3S. The number of aryl methyl sites for hydroxylation is 1. The molecular weight excluding hydrogens is 426 g/mol. The molecule has 1 aliphatic carbocycles. The maximum absolute atomic E-state index is 13.8. The van der Waals surface area contributed by atoms with Gasteiger partial charge in [-0.3, -0.25) is 19.3 Å². The minimum Gasteiger partial charge on any atom is -0.395 e. The second-order valence-electron chi connectivity index (χ2n) is 8.33. The van der Waals surface area contributed by atoms with E-state index < -0.39 is 17.9 Å². The SMILES string of the molecule is CCCC(C(=O)NC1CCCC1)N(C(=O)c1snc(C(N)=O)c1N)c1cccc(C)c1C. The summed E-state index contributed by atoms with van der Waals surface area (Å²) in [5.41, 5.74) is 13.8. The topological polar surface area (TPSA) is 131 Å². The summed E-state index contributed by atoms with van der Waals surface area (Å²) in [4.78, 5) is 40.5. The Kier molecular flexibility index (Phi) is 7.50. The summed E-state index contributed by atoms with van der Waals surface area (Å²) in [6.45, 7) is 5.86. The van der Waals surface area contributed by atoms with Crippen LogP contribution >= 0.6 is 11.5 Å². The largest absolute Gasteiger partial charge is 0.395 e. The van der Waals surface area contributed by atoms with Crippen LogP contribution < -0.4 is 21.7 Å². The Hall–Kier alpha value is -2.94. The molecule has 0 bridgehead atoms. The van der Waals surface area contributed by atoms with Crippen LogP contribution in [0.3, 0.4) is 0 Å². The summed E-state index contributed by atoms with van der Waals surface area (Å²) in [5, 5.41) is 3.14. The van der Waals surface area contributed by atoms with Crippen molar-refractivity contribution in [2.45, 2.75) is 71.4 Å². The highest BCUT2D eigenvalue weighted by molar-refractivity contribution is 7.09. The van der Waals surface area contributed by atoms with Crippen molar-refractivity contribution in [2.75, 3.05) is 10.6 Å². The summed E-state index contributed by atoms with van der Waals surface area (Å²) in [7, 11) is 0. The number of hydrogen-bond acceptors (Lipinski definition) is 6. The number of primary amides is 1. The summed E-state index contributed by atoms with van der Waals surface area (Å²) in [6.07, 6.45) is 5.28. The minimum atomic E-state index is -0.792. The number of benzene rings is 1. The van der Waals surface area contributed by atoms with E-state index in [0.717, 1.165) is 48.3 Å². The summed E-state index contributed by atoms with van der Waals surface area (Å²) >= 11 is 0.827. The van der Waals surface area contributed by atoms with Gasteiger partial charge in [0.2, 0.25) is 5.91 Å². The van der Waals surface area contributed by atoms with Gasteiger partial charge in [-0.2, -0.15) is 4.37 Å². The number of aromatic nitrogens is 1. The molecule has 1 fully saturated rings. The van der Waals surface area contributed by atoms with Crippen LogP contribution in [0, 0.1) is 13.8 Å². The Balaban J connectivity index is 2.08. The molecule has 1 aromatic carbocycles. The van der Waals surface area contributed by atoms with Gasteiger partial charge in [0.15, 0.2) is 5.69 Å². The molecule has 1 atom stereocenters. The fraction of sp³-hybridized carbons (Fsp3) is 0.478. The number of carbonyl (C=O) groups excluding carboxylic acids is 3. The molecule has 1 saturated carbocycles. The van der Waals surface area contributed by atoms with Crippen LogP contribution in [0.5, 0.6) is 0 Å². The number of hydrogen-bond donors (Lipinski definition) is 3. The fourth-order valence-corrected chi connectivity index (χ4v) is 4.91. The van der Waals surface area contributed by atoms with Crippen molar-refractivity contribution in [3.63, 3.8) is 0 Å². The van der Waals surface area contributed by atoms with Crippen molar-refractivity contribution >= 4 is 40.6 Å². The molecule has 2 aromatic rings. The van der Waals surface area contributed by atoms with E-state index in [1.807, 2.05) is 39.0 Å². The van der Waals surface area contributed by atoms with Crippen molar-refractivity contribution < 1.29 is 14.4 Å². The predicted octanol–water partition coefficient (Wildman–Crippen LogP) is 3.32. The van der Waals surface area contributed by atoms with Crippen LogP contribution in [0.25, 0.3) is 0 Å². The van der Waals surface area contributed by atoms with Crippen LogP contribution in [-0.2, 0) is 4.79 Å². The van der Waals surface area contributed by atoms with Crippen molar-refractivity contribution in [1.82, 2.24) is 9.69 Å². The van der Waals surface area contributed by atoms with Crippen LogP contribution in [-0.4, -0.2) is 34.2 Å². The molecule has 1 aromatic heterocycles. The monoisotopic (exact) mass is 457 g/mol. The average molecular weight is 458 g/mol. The molecule has 0 saturated heterocycles. The molecule has 1 heterocycles. The summed E-state index contributed by atoms with van der Waals surface area (Å²) in [6, 6.07) is 5.07. The molecule has 1 unspecified atom stereocenters. The molecule has 8 nitrogen and oxygen atoms in total. The van der Waals surface area contributed by atoms with Crippen molar-refractivity contribution in [1.29, 1.82) is 0 Å². The quantitative estimate of drug-likeness (QED) is 0.559. The van der Waals surface area contributed by atoms with Gasteiger partial charge in [-0.1, -0.05) is 38.3 Å². The smallest absolute Gasteiger partial charge is 0.272 e. The molecule has 5 N–H and O–H groups in total. The van der Waals surface area contributed by atoms with Crippen LogP contribution in [0.4, 0.5) is 11.4 Å². The molecule has 3 rings (SSSR count). The van der Waals surface area contributed by atoms with E-state index in [1.165, 1.54) is 4.90 Å².